The van der Waals surface area contributed by atoms with Gasteiger partial charge in [0.15, 0.2) is 0 Å². The molecule has 3 nitrogen and oxygen atoms in total. The molecule has 0 spiro atoms. The summed E-state index contributed by atoms with van der Waals surface area (Å²) < 4.78 is 4.69. The number of hydrogen-bond acceptors (Lipinski definition) is 3. The Hall–Kier alpha value is -0.830. The van der Waals surface area contributed by atoms with Crippen LogP contribution in [0.25, 0.3) is 0 Å². The molecule has 0 aliphatic carbocycles. The van der Waals surface area contributed by atoms with Crippen LogP contribution in [0.5, 0.6) is 0 Å². The van der Waals surface area contributed by atoms with Crippen LogP contribution in [0.15, 0.2) is 12.7 Å². The van der Waals surface area contributed by atoms with Gasteiger partial charge in [-0.15, -0.1) is 6.58 Å². The number of rotatable bonds is 3. The summed E-state index contributed by atoms with van der Waals surface area (Å²) in [5.74, 6) is -0.145. The summed E-state index contributed by atoms with van der Waals surface area (Å²) in [6.07, 6.45) is 5.91. The van der Waals surface area contributed by atoms with Crippen LogP contribution in [-0.4, -0.2) is 25.2 Å². The lowest BCUT2D eigenvalue weighted by Crippen LogP contribution is -2.46. The molecule has 0 unspecified atom stereocenters. The number of nitrogens with one attached hydrogen (secondary N) is 1. The van der Waals surface area contributed by atoms with Crippen molar-refractivity contribution in [2.24, 2.45) is 0 Å². The van der Waals surface area contributed by atoms with Gasteiger partial charge >= 0.3 is 5.97 Å². The Labute approximate surface area is 79.2 Å². The topological polar surface area (TPSA) is 38.3 Å². The van der Waals surface area contributed by atoms with Crippen LogP contribution in [0, 0.1) is 0 Å². The van der Waals surface area contributed by atoms with Crippen LogP contribution in [0.3, 0.4) is 0 Å². The summed E-state index contributed by atoms with van der Waals surface area (Å²) in [5.41, 5.74) is 0. The number of ether oxygens (including phenoxy) is 1. The van der Waals surface area contributed by atoms with Crippen molar-refractivity contribution in [2.75, 3.05) is 7.11 Å². The van der Waals surface area contributed by atoms with Crippen molar-refractivity contribution >= 4 is 5.97 Å². The first-order valence-corrected chi connectivity index (χ1v) is 4.72. The van der Waals surface area contributed by atoms with E-state index in [0.29, 0.717) is 6.04 Å². The van der Waals surface area contributed by atoms with Crippen molar-refractivity contribution in [3.63, 3.8) is 0 Å². The molecule has 0 aromatic heterocycles. The van der Waals surface area contributed by atoms with Gasteiger partial charge in [0.2, 0.25) is 0 Å². The van der Waals surface area contributed by atoms with E-state index < -0.39 is 0 Å². The molecule has 1 saturated heterocycles. The van der Waals surface area contributed by atoms with Crippen LogP contribution >= 0.6 is 0 Å². The minimum absolute atomic E-state index is 0.108. The Balaban J connectivity index is 2.41. The molecule has 1 aliphatic rings. The average Bonchev–Trinajstić information content (AvgIpc) is 2.18. The van der Waals surface area contributed by atoms with Crippen molar-refractivity contribution in [1.29, 1.82) is 0 Å². The zero-order valence-corrected chi connectivity index (χ0v) is 8.08. The number of piperidine rings is 1. The quantitative estimate of drug-likeness (QED) is 0.528. The molecule has 0 amide bonds. The van der Waals surface area contributed by atoms with Crippen molar-refractivity contribution in [3.05, 3.63) is 12.7 Å². The fraction of sp³-hybridized carbons (Fsp3) is 0.700. The molecular formula is C10H17NO2. The first-order chi connectivity index (χ1) is 6.27. The van der Waals surface area contributed by atoms with Crippen molar-refractivity contribution in [1.82, 2.24) is 5.32 Å². The molecule has 0 bridgehead atoms. The normalized spacial score (nSPS) is 28.1. The first kappa shape index (κ1) is 10.3. The molecule has 3 heteroatoms. The maximum Gasteiger partial charge on any atom is 0.322 e. The average molecular weight is 183 g/mol. The summed E-state index contributed by atoms with van der Waals surface area (Å²) in [5, 5.41) is 3.26. The molecule has 0 radical (unpaired) electrons. The van der Waals surface area contributed by atoms with Gasteiger partial charge in [-0.05, 0) is 25.7 Å². The van der Waals surface area contributed by atoms with Gasteiger partial charge in [-0.25, -0.2) is 0 Å². The highest BCUT2D eigenvalue weighted by atomic mass is 16.5. The zero-order valence-electron chi connectivity index (χ0n) is 8.08. The molecule has 1 heterocycles. The van der Waals surface area contributed by atoms with Crippen molar-refractivity contribution in [3.8, 4) is 0 Å². The molecule has 1 N–H and O–H groups in total. The predicted molar refractivity (Wildman–Crippen MR) is 51.4 cm³/mol. The smallest absolute Gasteiger partial charge is 0.322 e. The van der Waals surface area contributed by atoms with Gasteiger partial charge in [0.25, 0.3) is 0 Å². The van der Waals surface area contributed by atoms with E-state index in [0.717, 1.165) is 25.7 Å². The Bertz CT molecular complexity index is 191. The molecule has 0 aromatic carbocycles. The highest BCUT2D eigenvalue weighted by Gasteiger charge is 2.25. The lowest BCUT2D eigenvalue weighted by Gasteiger charge is -2.28. The Morgan fingerprint density at radius 3 is 3.08 bits per heavy atom. The number of esters is 1. The third-order valence-corrected chi connectivity index (χ3v) is 2.42. The van der Waals surface area contributed by atoms with E-state index in [4.69, 9.17) is 0 Å². The molecule has 2 atom stereocenters. The van der Waals surface area contributed by atoms with E-state index in [1.165, 1.54) is 7.11 Å². The summed E-state index contributed by atoms with van der Waals surface area (Å²) in [6, 6.07) is 0.291. The van der Waals surface area contributed by atoms with E-state index in [-0.39, 0.29) is 12.0 Å². The van der Waals surface area contributed by atoms with Crippen LogP contribution in [-0.2, 0) is 9.53 Å². The molecule has 1 aliphatic heterocycles. The van der Waals surface area contributed by atoms with Crippen LogP contribution in [0.2, 0.25) is 0 Å². The Kier molecular flexibility index (Phi) is 3.96. The van der Waals surface area contributed by atoms with Crippen LogP contribution in [0.4, 0.5) is 0 Å². The zero-order chi connectivity index (χ0) is 9.68. The molecule has 0 aromatic rings. The van der Waals surface area contributed by atoms with E-state index in [9.17, 15) is 4.79 Å². The molecule has 1 rings (SSSR count). The van der Waals surface area contributed by atoms with E-state index in [1.54, 1.807) is 0 Å². The second-order valence-corrected chi connectivity index (χ2v) is 3.39. The summed E-state index contributed by atoms with van der Waals surface area (Å²) >= 11 is 0. The minimum Gasteiger partial charge on any atom is -0.468 e. The lowest BCUT2D eigenvalue weighted by molar-refractivity contribution is -0.144. The first-order valence-electron chi connectivity index (χ1n) is 4.72. The second kappa shape index (κ2) is 5.02. The van der Waals surface area contributed by atoms with Gasteiger partial charge in [0.05, 0.1) is 7.11 Å². The second-order valence-electron chi connectivity index (χ2n) is 3.39. The van der Waals surface area contributed by atoms with Crippen LogP contribution in [0.1, 0.15) is 25.7 Å². The summed E-state index contributed by atoms with van der Waals surface area (Å²) in [7, 11) is 1.43. The van der Waals surface area contributed by atoms with Crippen molar-refractivity contribution < 1.29 is 9.53 Å². The Morgan fingerprint density at radius 1 is 1.69 bits per heavy atom. The Morgan fingerprint density at radius 2 is 2.46 bits per heavy atom. The van der Waals surface area contributed by atoms with Gasteiger partial charge in [-0.3, -0.25) is 4.79 Å². The van der Waals surface area contributed by atoms with E-state index in [1.807, 2.05) is 6.08 Å². The van der Waals surface area contributed by atoms with Gasteiger partial charge in [0, 0.05) is 6.04 Å². The van der Waals surface area contributed by atoms with Gasteiger partial charge < -0.3 is 10.1 Å². The van der Waals surface area contributed by atoms with Gasteiger partial charge in [-0.2, -0.15) is 0 Å². The maximum atomic E-state index is 11.2. The number of hydrogen-bond donors (Lipinski definition) is 1. The van der Waals surface area contributed by atoms with Gasteiger partial charge in [0.1, 0.15) is 6.04 Å². The monoisotopic (exact) mass is 183 g/mol. The summed E-state index contributed by atoms with van der Waals surface area (Å²) in [4.78, 5) is 11.2. The third-order valence-electron chi connectivity index (χ3n) is 2.42. The summed E-state index contributed by atoms with van der Waals surface area (Å²) in [6.45, 7) is 3.69. The highest BCUT2D eigenvalue weighted by molar-refractivity contribution is 5.75. The molecule has 13 heavy (non-hydrogen) atoms. The highest BCUT2D eigenvalue weighted by Crippen LogP contribution is 2.15. The molecule has 0 saturated carbocycles. The third kappa shape index (κ3) is 2.84. The largest absolute Gasteiger partial charge is 0.468 e. The standard InChI is InChI=1S/C10H17NO2/c1-3-5-8-6-4-7-9(11-8)10(12)13-2/h3,8-9,11H,1,4-7H2,2H3/t8-,9-/m0/s1. The molecular weight excluding hydrogens is 166 g/mol. The minimum atomic E-state index is -0.145. The fourth-order valence-electron chi connectivity index (χ4n) is 1.73. The number of methoxy groups -OCH3 is 1. The molecule has 74 valence electrons. The van der Waals surface area contributed by atoms with Crippen LogP contribution < -0.4 is 5.32 Å². The fourth-order valence-corrected chi connectivity index (χ4v) is 1.73. The predicted octanol–water partition coefficient (Wildman–Crippen LogP) is 1.25. The number of carbonyl (C=O) groups excluding carboxylic acids is 1. The SMILES string of the molecule is C=CC[C@H]1CCC[C@@H](C(=O)OC)N1. The van der Waals surface area contributed by atoms with E-state index in [2.05, 4.69) is 16.6 Å². The lowest BCUT2D eigenvalue weighted by atomic mass is 9.96. The number of carbonyl (C=O) groups is 1. The van der Waals surface area contributed by atoms with Gasteiger partial charge in [-0.1, -0.05) is 6.08 Å². The maximum absolute atomic E-state index is 11.2. The molecule has 1 fully saturated rings. The van der Waals surface area contributed by atoms with E-state index >= 15 is 0 Å². The van der Waals surface area contributed by atoms with Crippen molar-refractivity contribution in [2.45, 2.75) is 37.8 Å².